The van der Waals surface area contributed by atoms with E-state index in [1.165, 1.54) is 10.4 Å². The van der Waals surface area contributed by atoms with Gasteiger partial charge in [0.25, 0.3) is 0 Å². The molecule has 3 aromatic rings. The van der Waals surface area contributed by atoms with E-state index in [9.17, 15) is 9.90 Å². The number of thiophene rings is 1. The Morgan fingerprint density at radius 3 is 2.61 bits per heavy atom. The molecule has 0 radical (unpaired) electrons. The Morgan fingerprint density at radius 2 is 2.00 bits per heavy atom. The molecule has 0 spiro atoms. The fourth-order valence-corrected chi connectivity index (χ4v) is 4.69. The molecule has 0 bridgehead atoms. The Kier molecular flexibility index (Phi) is 6.08. The lowest BCUT2D eigenvalue weighted by Gasteiger charge is -2.33. The molecule has 0 aliphatic rings. The number of fused-ring (bicyclic) bond motifs is 1. The van der Waals surface area contributed by atoms with Gasteiger partial charge in [-0.2, -0.15) is 0 Å². The van der Waals surface area contributed by atoms with Gasteiger partial charge >= 0.3 is 5.63 Å². The van der Waals surface area contributed by atoms with Crippen molar-refractivity contribution in [1.82, 2.24) is 5.32 Å². The highest BCUT2D eigenvalue weighted by Gasteiger charge is 2.30. The molecule has 0 saturated carbocycles. The normalized spacial score (nSPS) is 13.4. The maximum Gasteiger partial charge on any atom is 0.336 e. The van der Waals surface area contributed by atoms with Gasteiger partial charge in [-0.25, -0.2) is 4.79 Å². The largest absolute Gasteiger partial charge is 0.423 e. The Labute approximate surface area is 170 Å². The molecule has 0 unspecified atom stereocenters. The van der Waals surface area contributed by atoms with Crippen molar-refractivity contribution in [1.29, 1.82) is 0 Å². The molecule has 0 aliphatic heterocycles. The van der Waals surface area contributed by atoms with Crippen molar-refractivity contribution in [3.63, 3.8) is 0 Å². The fraction of sp³-hybridized carbons (Fsp3) is 0.435. The van der Waals surface area contributed by atoms with E-state index in [1.54, 1.807) is 17.4 Å². The lowest BCUT2D eigenvalue weighted by molar-refractivity contribution is 0.116. The van der Waals surface area contributed by atoms with Crippen LogP contribution in [0.4, 0.5) is 0 Å². The van der Waals surface area contributed by atoms with Gasteiger partial charge < -0.3 is 14.8 Å². The van der Waals surface area contributed by atoms with E-state index in [-0.39, 0.29) is 23.7 Å². The van der Waals surface area contributed by atoms with Crippen molar-refractivity contribution < 1.29 is 9.52 Å². The summed E-state index contributed by atoms with van der Waals surface area (Å²) in [4.78, 5) is 13.3. The van der Waals surface area contributed by atoms with Crippen molar-refractivity contribution in [3.8, 4) is 0 Å². The number of aliphatic hydroxyl groups is 1. The molecule has 2 heterocycles. The van der Waals surface area contributed by atoms with E-state index in [1.807, 2.05) is 31.4 Å². The van der Waals surface area contributed by atoms with Crippen molar-refractivity contribution in [3.05, 3.63) is 67.7 Å². The standard InChI is InChI=1S/C23H29NO3S/c1-14(2)17-11-18-16(10-21(26)27-19(18)9-15(17)3)12-24-22(23(4,5)13-25)20-7-6-8-28-20/h6-11,14,22,24-25H,12-13H2,1-5H3/t22-/m0/s1. The van der Waals surface area contributed by atoms with E-state index < -0.39 is 0 Å². The Balaban J connectivity index is 2.01. The first kappa shape index (κ1) is 20.8. The molecule has 150 valence electrons. The third kappa shape index (κ3) is 4.22. The molecule has 2 aromatic heterocycles. The zero-order valence-corrected chi connectivity index (χ0v) is 18.0. The topological polar surface area (TPSA) is 62.5 Å². The first-order valence-electron chi connectivity index (χ1n) is 9.68. The van der Waals surface area contributed by atoms with E-state index >= 15 is 0 Å². The average Bonchev–Trinajstić information content (AvgIpc) is 3.14. The van der Waals surface area contributed by atoms with Gasteiger partial charge in [-0.3, -0.25) is 0 Å². The smallest absolute Gasteiger partial charge is 0.336 e. The first-order chi connectivity index (χ1) is 13.2. The molecule has 3 rings (SSSR count). The summed E-state index contributed by atoms with van der Waals surface area (Å²) in [6.45, 7) is 11.1. The van der Waals surface area contributed by atoms with Gasteiger partial charge in [0.2, 0.25) is 0 Å². The Morgan fingerprint density at radius 1 is 1.25 bits per heavy atom. The predicted molar refractivity (Wildman–Crippen MR) is 116 cm³/mol. The highest BCUT2D eigenvalue weighted by atomic mass is 32.1. The molecular formula is C23H29NO3S. The van der Waals surface area contributed by atoms with E-state index in [0.717, 1.165) is 16.5 Å². The van der Waals surface area contributed by atoms with Gasteiger partial charge in [0.15, 0.2) is 0 Å². The van der Waals surface area contributed by atoms with Crippen LogP contribution < -0.4 is 10.9 Å². The van der Waals surface area contributed by atoms with Crippen molar-refractivity contribution >= 4 is 22.3 Å². The Hall–Kier alpha value is -1.95. The maximum atomic E-state index is 12.1. The number of benzene rings is 1. The van der Waals surface area contributed by atoms with Crippen LogP contribution in [0.5, 0.6) is 0 Å². The van der Waals surface area contributed by atoms with Crippen LogP contribution in [0, 0.1) is 12.3 Å². The van der Waals surface area contributed by atoms with Crippen LogP contribution in [-0.4, -0.2) is 11.7 Å². The van der Waals surface area contributed by atoms with Gasteiger partial charge in [-0.05, 0) is 53.1 Å². The minimum atomic E-state index is -0.338. The summed E-state index contributed by atoms with van der Waals surface area (Å²) in [5, 5.41) is 16.5. The summed E-state index contributed by atoms with van der Waals surface area (Å²) < 4.78 is 5.46. The molecule has 4 nitrogen and oxygen atoms in total. The number of rotatable bonds is 7. The minimum absolute atomic E-state index is 0.0187. The second-order valence-corrected chi connectivity index (χ2v) is 9.41. The lowest BCUT2D eigenvalue weighted by atomic mass is 9.84. The predicted octanol–water partition coefficient (Wildman–Crippen LogP) is 5.14. The molecule has 1 atom stereocenters. The summed E-state index contributed by atoms with van der Waals surface area (Å²) in [5.41, 5.74) is 3.26. The first-order valence-corrected chi connectivity index (χ1v) is 10.6. The van der Waals surface area contributed by atoms with Crippen molar-refractivity contribution in [2.45, 2.75) is 53.1 Å². The van der Waals surface area contributed by atoms with E-state index in [4.69, 9.17) is 4.42 Å². The molecular weight excluding hydrogens is 370 g/mol. The van der Waals surface area contributed by atoms with Gasteiger partial charge in [0, 0.05) is 34.3 Å². The molecule has 0 saturated heterocycles. The maximum absolute atomic E-state index is 12.1. The highest BCUT2D eigenvalue weighted by molar-refractivity contribution is 7.10. The van der Waals surface area contributed by atoms with Crippen LogP contribution >= 0.6 is 11.3 Å². The van der Waals surface area contributed by atoms with Crippen LogP contribution in [-0.2, 0) is 6.54 Å². The second-order valence-electron chi connectivity index (χ2n) is 8.43. The van der Waals surface area contributed by atoms with Gasteiger partial charge in [-0.15, -0.1) is 11.3 Å². The summed E-state index contributed by atoms with van der Waals surface area (Å²) >= 11 is 1.67. The van der Waals surface area contributed by atoms with Gasteiger partial charge in [0.05, 0.1) is 6.61 Å². The quantitative estimate of drug-likeness (QED) is 0.540. The summed E-state index contributed by atoms with van der Waals surface area (Å²) in [6, 6.07) is 9.77. The minimum Gasteiger partial charge on any atom is -0.423 e. The van der Waals surface area contributed by atoms with Crippen LogP contribution in [0.25, 0.3) is 11.0 Å². The van der Waals surface area contributed by atoms with Crippen LogP contribution in [0.15, 0.2) is 44.9 Å². The van der Waals surface area contributed by atoms with Crippen molar-refractivity contribution in [2.75, 3.05) is 6.61 Å². The number of hydrogen-bond donors (Lipinski definition) is 2. The second kappa shape index (κ2) is 8.19. The molecule has 28 heavy (non-hydrogen) atoms. The zero-order valence-electron chi connectivity index (χ0n) is 17.2. The zero-order chi connectivity index (χ0) is 20.5. The summed E-state index contributed by atoms with van der Waals surface area (Å²) in [5.74, 6) is 0.393. The molecule has 1 aromatic carbocycles. The van der Waals surface area contributed by atoms with Gasteiger partial charge in [0.1, 0.15) is 5.58 Å². The number of hydrogen-bond acceptors (Lipinski definition) is 5. The van der Waals surface area contributed by atoms with Crippen LogP contribution in [0.3, 0.4) is 0 Å². The average molecular weight is 400 g/mol. The molecule has 0 aliphatic carbocycles. The molecule has 0 fully saturated rings. The molecule has 2 N–H and O–H groups in total. The number of nitrogens with one attached hydrogen (secondary N) is 1. The molecule has 5 heteroatoms. The third-order valence-electron chi connectivity index (χ3n) is 5.35. The van der Waals surface area contributed by atoms with Gasteiger partial charge in [-0.1, -0.05) is 33.8 Å². The monoisotopic (exact) mass is 399 g/mol. The Bertz CT molecular complexity index is 1000. The number of aryl methyl sites for hydroxylation is 1. The van der Waals surface area contributed by atoms with E-state index in [2.05, 4.69) is 38.2 Å². The van der Waals surface area contributed by atoms with E-state index in [0.29, 0.717) is 18.0 Å². The lowest BCUT2D eigenvalue weighted by Crippen LogP contribution is -2.36. The van der Waals surface area contributed by atoms with Crippen LogP contribution in [0.1, 0.15) is 61.2 Å². The highest BCUT2D eigenvalue weighted by Crippen LogP contribution is 2.36. The van der Waals surface area contributed by atoms with Crippen LogP contribution in [0.2, 0.25) is 0 Å². The summed E-state index contributed by atoms with van der Waals surface area (Å²) in [6.07, 6.45) is 0. The fourth-order valence-electron chi connectivity index (χ4n) is 3.68. The molecule has 0 amide bonds. The third-order valence-corrected chi connectivity index (χ3v) is 6.29. The summed E-state index contributed by atoms with van der Waals surface area (Å²) in [7, 11) is 0. The van der Waals surface area contributed by atoms with Crippen molar-refractivity contribution in [2.24, 2.45) is 5.41 Å². The SMILES string of the molecule is Cc1cc2oc(=O)cc(CN[C@@H](c3cccs3)C(C)(C)CO)c2cc1C(C)C. The number of aliphatic hydroxyl groups excluding tert-OH is 1.